The number of rotatable bonds is 10. The first-order chi connectivity index (χ1) is 17.6. The van der Waals surface area contributed by atoms with Crippen LogP contribution >= 0.6 is 0 Å². The summed E-state index contributed by atoms with van der Waals surface area (Å²) in [6.07, 6.45) is 0.609. The zero-order chi connectivity index (χ0) is 27.4. The van der Waals surface area contributed by atoms with Gasteiger partial charge in [-0.1, -0.05) is 0 Å². The number of carbonyl (C=O) groups is 3. The van der Waals surface area contributed by atoms with Crippen LogP contribution in [0.15, 0.2) is 23.8 Å². The molecule has 0 saturated carbocycles. The number of aryl methyl sites for hydroxylation is 1. The number of aliphatic hydroxyl groups excluding tert-OH is 1. The molecule has 1 amide bonds. The van der Waals surface area contributed by atoms with Crippen LogP contribution in [-0.2, 0) is 14.3 Å². The maximum absolute atomic E-state index is 13.4. The number of aromatic amines is 1. The summed E-state index contributed by atoms with van der Waals surface area (Å²) in [7, 11) is 6.86. The minimum Gasteiger partial charge on any atom is -0.507 e. The fourth-order valence-corrected chi connectivity index (χ4v) is 4.69. The summed E-state index contributed by atoms with van der Waals surface area (Å²) < 4.78 is 16.1. The van der Waals surface area contributed by atoms with E-state index in [1.807, 2.05) is 19.0 Å². The SMILES string of the molecule is CCOC(=O)c1[nH]c(C)c(/C(O)=C2\C(=O)C(=O)N(CCCN(C)C)[C@H]2c2cc(OC)ccc2OC)c1C. The van der Waals surface area contributed by atoms with Gasteiger partial charge in [0.25, 0.3) is 11.7 Å². The lowest BCUT2D eigenvalue weighted by Gasteiger charge is -2.27. The van der Waals surface area contributed by atoms with Crippen molar-refractivity contribution in [1.29, 1.82) is 0 Å². The third-order valence-electron chi connectivity index (χ3n) is 6.43. The van der Waals surface area contributed by atoms with Crippen LogP contribution in [0.5, 0.6) is 11.5 Å². The van der Waals surface area contributed by atoms with Crippen molar-refractivity contribution >= 4 is 23.4 Å². The fraction of sp³-hybridized carbons (Fsp3) is 0.444. The molecule has 1 aromatic heterocycles. The average molecular weight is 514 g/mol. The van der Waals surface area contributed by atoms with Crippen molar-refractivity contribution in [2.24, 2.45) is 0 Å². The molecule has 3 rings (SSSR count). The van der Waals surface area contributed by atoms with E-state index in [-0.39, 0.29) is 35.7 Å². The predicted molar refractivity (Wildman–Crippen MR) is 138 cm³/mol. The topological polar surface area (TPSA) is 121 Å². The monoisotopic (exact) mass is 513 g/mol. The van der Waals surface area contributed by atoms with Crippen molar-refractivity contribution in [1.82, 2.24) is 14.8 Å². The second-order valence-corrected chi connectivity index (χ2v) is 9.10. The molecule has 1 saturated heterocycles. The molecule has 1 aliphatic heterocycles. The number of hydrogen-bond acceptors (Lipinski definition) is 8. The van der Waals surface area contributed by atoms with Gasteiger partial charge in [0.05, 0.1) is 32.4 Å². The van der Waals surface area contributed by atoms with Crippen LogP contribution in [-0.4, -0.2) is 85.6 Å². The van der Waals surface area contributed by atoms with Crippen LogP contribution in [0.3, 0.4) is 0 Å². The molecule has 0 unspecified atom stereocenters. The van der Waals surface area contributed by atoms with Gasteiger partial charge in [-0.15, -0.1) is 0 Å². The molecular formula is C27H35N3O7. The molecule has 1 aliphatic rings. The van der Waals surface area contributed by atoms with E-state index >= 15 is 0 Å². The molecule has 1 aromatic carbocycles. The summed E-state index contributed by atoms with van der Waals surface area (Å²) in [5.74, 6) is -1.52. The van der Waals surface area contributed by atoms with Crippen molar-refractivity contribution in [3.8, 4) is 11.5 Å². The van der Waals surface area contributed by atoms with Crippen LogP contribution in [0, 0.1) is 13.8 Å². The lowest BCUT2D eigenvalue weighted by atomic mass is 9.93. The summed E-state index contributed by atoms with van der Waals surface area (Å²) in [6, 6.07) is 4.18. The quantitative estimate of drug-likeness (QED) is 0.215. The first-order valence-corrected chi connectivity index (χ1v) is 12.1. The second kappa shape index (κ2) is 11.5. The number of nitrogens with one attached hydrogen (secondary N) is 1. The number of H-pyrrole nitrogens is 1. The van der Waals surface area contributed by atoms with E-state index in [1.54, 1.807) is 39.0 Å². The summed E-state index contributed by atoms with van der Waals surface area (Å²) >= 11 is 0. The first-order valence-electron chi connectivity index (χ1n) is 12.1. The molecule has 2 heterocycles. The molecule has 1 atom stereocenters. The van der Waals surface area contributed by atoms with Crippen LogP contribution in [0.1, 0.15) is 52.3 Å². The van der Waals surface area contributed by atoms with Gasteiger partial charge in [-0.25, -0.2) is 4.79 Å². The Hall–Kier alpha value is -3.79. The maximum atomic E-state index is 13.4. The standard InChI is InChI=1S/C27H35N3O7/c1-8-37-27(34)22-15(2)20(16(3)28-22)24(31)21-23(18-14-17(35-6)10-11-19(18)36-7)30(26(33)25(21)32)13-9-12-29(4)5/h10-11,14,23,28,31H,8-9,12-13H2,1-7H3/b24-21+/t23-/m0/s1. The number of carbonyl (C=O) groups excluding carboxylic acids is 3. The number of esters is 1. The molecule has 2 N–H and O–H groups in total. The highest BCUT2D eigenvalue weighted by atomic mass is 16.5. The van der Waals surface area contributed by atoms with Gasteiger partial charge in [-0.2, -0.15) is 0 Å². The smallest absolute Gasteiger partial charge is 0.355 e. The number of methoxy groups -OCH3 is 2. The number of aliphatic hydroxyl groups is 1. The molecule has 10 heteroatoms. The van der Waals surface area contributed by atoms with Crippen molar-refractivity contribution < 1.29 is 33.7 Å². The van der Waals surface area contributed by atoms with E-state index in [0.29, 0.717) is 41.3 Å². The average Bonchev–Trinajstić information content (AvgIpc) is 3.30. The summed E-state index contributed by atoms with van der Waals surface area (Å²) in [5.41, 5.74) is 1.76. The van der Waals surface area contributed by atoms with E-state index in [9.17, 15) is 19.5 Å². The van der Waals surface area contributed by atoms with Crippen LogP contribution in [0.4, 0.5) is 0 Å². The number of likely N-dealkylation sites (tertiary alicyclic amines) is 1. The third kappa shape index (κ3) is 5.34. The van der Waals surface area contributed by atoms with Gasteiger partial charge in [-0.05, 0) is 71.6 Å². The summed E-state index contributed by atoms with van der Waals surface area (Å²) in [5, 5.41) is 11.6. The Morgan fingerprint density at radius 3 is 2.46 bits per heavy atom. The normalized spacial score (nSPS) is 17.0. The zero-order valence-electron chi connectivity index (χ0n) is 22.4. The molecule has 0 radical (unpaired) electrons. The highest BCUT2D eigenvalue weighted by molar-refractivity contribution is 6.46. The number of ketones is 1. The molecule has 10 nitrogen and oxygen atoms in total. The Balaban J connectivity index is 2.25. The lowest BCUT2D eigenvalue weighted by molar-refractivity contribution is -0.140. The third-order valence-corrected chi connectivity index (χ3v) is 6.43. The van der Waals surface area contributed by atoms with E-state index in [1.165, 1.54) is 19.1 Å². The lowest BCUT2D eigenvalue weighted by Crippen LogP contribution is -2.32. The summed E-state index contributed by atoms with van der Waals surface area (Å²) in [4.78, 5) is 45.6. The van der Waals surface area contributed by atoms with Gasteiger partial charge >= 0.3 is 5.97 Å². The van der Waals surface area contributed by atoms with Gasteiger partial charge in [-0.3, -0.25) is 9.59 Å². The number of Topliss-reactive ketones (excluding diaryl/α,β-unsaturated/α-hetero) is 1. The van der Waals surface area contributed by atoms with Crippen molar-refractivity contribution in [2.75, 3.05) is 48.0 Å². The molecule has 2 aromatic rings. The van der Waals surface area contributed by atoms with Crippen molar-refractivity contribution in [3.05, 3.63) is 51.9 Å². The number of aromatic nitrogens is 1. The number of benzene rings is 1. The van der Waals surface area contributed by atoms with Gasteiger partial charge < -0.3 is 34.1 Å². The van der Waals surface area contributed by atoms with Crippen molar-refractivity contribution in [3.63, 3.8) is 0 Å². The number of amides is 1. The number of ether oxygens (including phenoxy) is 3. The van der Waals surface area contributed by atoms with Crippen LogP contribution in [0.2, 0.25) is 0 Å². The minimum atomic E-state index is -0.924. The Labute approximate surface area is 216 Å². The van der Waals surface area contributed by atoms with Crippen LogP contribution in [0.25, 0.3) is 5.76 Å². The number of hydrogen-bond donors (Lipinski definition) is 2. The Morgan fingerprint density at radius 2 is 1.86 bits per heavy atom. The second-order valence-electron chi connectivity index (χ2n) is 9.10. The van der Waals surface area contributed by atoms with Gasteiger partial charge in [0, 0.05) is 23.4 Å². The molecular weight excluding hydrogens is 478 g/mol. The largest absolute Gasteiger partial charge is 0.507 e. The summed E-state index contributed by atoms with van der Waals surface area (Å²) in [6.45, 7) is 6.19. The predicted octanol–water partition coefficient (Wildman–Crippen LogP) is 3.20. The van der Waals surface area contributed by atoms with E-state index in [2.05, 4.69) is 4.98 Å². The van der Waals surface area contributed by atoms with E-state index in [4.69, 9.17) is 14.2 Å². The van der Waals surface area contributed by atoms with Gasteiger partial charge in [0.2, 0.25) is 0 Å². The molecule has 200 valence electrons. The van der Waals surface area contributed by atoms with E-state index in [0.717, 1.165) is 0 Å². The maximum Gasteiger partial charge on any atom is 0.355 e. The highest BCUT2D eigenvalue weighted by Gasteiger charge is 2.47. The van der Waals surface area contributed by atoms with Gasteiger partial charge in [0.1, 0.15) is 23.0 Å². The molecule has 0 spiro atoms. The Bertz CT molecular complexity index is 1230. The molecule has 1 fully saturated rings. The van der Waals surface area contributed by atoms with Crippen LogP contribution < -0.4 is 9.47 Å². The van der Waals surface area contributed by atoms with E-state index < -0.39 is 23.7 Å². The molecule has 0 bridgehead atoms. The van der Waals surface area contributed by atoms with Gasteiger partial charge in [0.15, 0.2) is 0 Å². The molecule has 0 aliphatic carbocycles. The zero-order valence-corrected chi connectivity index (χ0v) is 22.4. The Morgan fingerprint density at radius 1 is 1.16 bits per heavy atom. The minimum absolute atomic E-state index is 0.0815. The highest BCUT2D eigenvalue weighted by Crippen LogP contribution is 2.44. The van der Waals surface area contributed by atoms with Crippen molar-refractivity contribution in [2.45, 2.75) is 33.2 Å². The fourth-order valence-electron chi connectivity index (χ4n) is 4.69. The number of nitrogens with zero attached hydrogens (tertiary/aromatic N) is 2. The molecule has 37 heavy (non-hydrogen) atoms. The first kappa shape index (κ1) is 27.8. The Kier molecular flexibility index (Phi) is 8.65.